The molecule has 0 spiro atoms. The monoisotopic (exact) mass is 345 g/mol. The van der Waals surface area contributed by atoms with Gasteiger partial charge in [0, 0.05) is 6.04 Å². The SMILES string of the molecule is COC(=O)c1ccccc1S(=O)(=O)NC1CCCc2ccccc21. The van der Waals surface area contributed by atoms with Crippen molar-refractivity contribution in [3.05, 3.63) is 65.2 Å². The van der Waals surface area contributed by atoms with Crippen molar-refractivity contribution in [3.63, 3.8) is 0 Å². The van der Waals surface area contributed by atoms with E-state index in [4.69, 9.17) is 0 Å². The Labute approximate surface area is 141 Å². The van der Waals surface area contributed by atoms with E-state index in [1.165, 1.54) is 19.2 Å². The largest absolute Gasteiger partial charge is 0.465 e. The summed E-state index contributed by atoms with van der Waals surface area (Å²) >= 11 is 0. The molecule has 3 rings (SSSR count). The zero-order valence-electron chi connectivity index (χ0n) is 13.4. The molecule has 0 aromatic heterocycles. The lowest BCUT2D eigenvalue weighted by molar-refractivity contribution is 0.0596. The number of methoxy groups -OCH3 is 1. The van der Waals surface area contributed by atoms with Crippen LogP contribution in [-0.2, 0) is 21.2 Å². The van der Waals surface area contributed by atoms with Gasteiger partial charge >= 0.3 is 5.97 Å². The third kappa shape index (κ3) is 3.20. The van der Waals surface area contributed by atoms with Crippen molar-refractivity contribution < 1.29 is 17.9 Å². The number of fused-ring (bicyclic) bond motifs is 1. The molecule has 0 fully saturated rings. The maximum Gasteiger partial charge on any atom is 0.339 e. The number of nitrogens with one attached hydrogen (secondary N) is 1. The van der Waals surface area contributed by atoms with Gasteiger partial charge in [0.25, 0.3) is 0 Å². The van der Waals surface area contributed by atoms with Crippen LogP contribution in [0, 0.1) is 0 Å². The molecule has 0 saturated heterocycles. The molecule has 0 amide bonds. The first-order valence-corrected chi connectivity index (χ1v) is 9.29. The number of ether oxygens (including phenoxy) is 1. The highest BCUT2D eigenvalue weighted by Gasteiger charge is 2.28. The van der Waals surface area contributed by atoms with Crippen molar-refractivity contribution in [2.45, 2.75) is 30.2 Å². The third-order valence-corrected chi connectivity index (χ3v) is 5.78. The molecule has 2 aromatic rings. The van der Waals surface area contributed by atoms with Gasteiger partial charge in [0.2, 0.25) is 10.0 Å². The topological polar surface area (TPSA) is 72.5 Å². The van der Waals surface area contributed by atoms with Crippen LogP contribution in [0.25, 0.3) is 0 Å². The maximum atomic E-state index is 12.8. The summed E-state index contributed by atoms with van der Waals surface area (Å²) in [6.45, 7) is 0. The minimum absolute atomic E-state index is 0.0385. The van der Waals surface area contributed by atoms with Crippen molar-refractivity contribution >= 4 is 16.0 Å². The second-order valence-electron chi connectivity index (χ2n) is 5.75. The predicted octanol–water partition coefficient (Wildman–Crippen LogP) is 2.83. The molecule has 24 heavy (non-hydrogen) atoms. The highest BCUT2D eigenvalue weighted by atomic mass is 32.2. The quantitative estimate of drug-likeness (QED) is 0.865. The highest BCUT2D eigenvalue weighted by molar-refractivity contribution is 7.89. The molecular weight excluding hydrogens is 326 g/mol. The van der Waals surface area contributed by atoms with Gasteiger partial charge in [-0.1, -0.05) is 36.4 Å². The number of rotatable bonds is 4. The first-order chi connectivity index (χ1) is 11.5. The zero-order valence-corrected chi connectivity index (χ0v) is 14.2. The van der Waals surface area contributed by atoms with E-state index in [2.05, 4.69) is 9.46 Å². The fourth-order valence-electron chi connectivity index (χ4n) is 3.11. The van der Waals surface area contributed by atoms with Crippen LogP contribution < -0.4 is 4.72 Å². The highest BCUT2D eigenvalue weighted by Crippen LogP contribution is 2.31. The van der Waals surface area contributed by atoms with Crippen LogP contribution in [0.4, 0.5) is 0 Å². The van der Waals surface area contributed by atoms with E-state index in [0.717, 1.165) is 30.4 Å². The molecule has 1 unspecified atom stereocenters. The minimum atomic E-state index is -3.84. The number of hydrogen-bond donors (Lipinski definition) is 1. The van der Waals surface area contributed by atoms with E-state index in [0.29, 0.717) is 0 Å². The average Bonchev–Trinajstić information content (AvgIpc) is 2.61. The lowest BCUT2D eigenvalue weighted by Crippen LogP contribution is -2.32. The van der Waals surface area contributed by atoms with Gasteiger partial charge in [-0.05, 0) is 42.5 Å². The Balaban J connectivity index is 1.95. The fourth-order valence-corrected chi connectivity index (χ4v) is 4.55. The van der Waals surface area contributed by atoms with Crippen LogP contribution in [-0.4, -0.2) is 21.5 Å². The second-order valence-corrected chi connectivity index (χ2v) is 7.44. The van der Waals surface area contributed by atoms with Crippen LogP contribution in [0.2, 0.25) is 0 Å². The molecule has 1 N–H and O–H groups in total. The Kier molecular flexibility index (Phi) is 4.69. The number of benzene rings is 2. The smallest absolute Gasteiger partial charge is 0.339 e. The number of hydrogen-bond acceptors (Lipinski definition) is 4. The summed E-state index contributed by atoms with van der Waals surface area (Å²) in [6, 6.07) is 13.6. The van der Waals surface area contributed by atoms with Gasteiger partial charge in [0.05, 0.1) is 17.6 Å². The van der Waals surface area contributed by atoms with Gasteiger partial charge in [-0.25, -0.2) is 17.9 Å². The van der Waals surface area contributed by atoms with Crippen LogP contribution in [0.1, 0.15) is 40.4 Å². The lowest BCUT2D eigenvalue weighted by Gasteiger charge is -2.26. The van der Waals surface area contributed by atoms with Gasteiger partial charge < -0.3 is 4.74 Å². The molecule has 0 saturated carbocycles. The van der Waals surface area contributed by atoms with Crippen molar-refractivity contribution in [2.75, 3.05) is 7.11 Å². The van der Waals surface area contributed by atoms with Crippen molar-refractivity contribution in [1.29, 1.82) is 0 Å². The van der Waals surface area contributed by atoms with Crippen LogP contribution in [0.5, 0.6) is 0 Å². The Morgan fingerprint density at radius 1 is 1.12 bits per heavy atom. The summed E-state index contributed by atoms with van der Waals surface area (Å²) in [6.07, 6.45) is 2.60. The summed E-state index contributed by atoms with van der Waals surface area (Å²) in [7, 11) is -2.61. The van der Waals surface area contributed by atoms with Gasteiger partial charge in [0.15, 0.2) is 0 Å². The predicted molar refractivity (Wildman–Crippen MR) is 90.2 cm³/mol. The fraction of sp³-hybridized carbons (Fsp3) is 0.278. The van der Waals surface area contributed by atoms with Crippen LogP contribution >= 0.6 is 0 Å². The molecule has 0 heterocycles. The van der Waals surface area contributed by atoms with Crippen molar-refractivity contribution in [2.24, 2.45) is 0 Å². The van der Waals surface area contributed by atoms with Crippen LogP contribution in [0.3, 0.4) is 0 Å². The summed E-state index contributed by atoms with van der Waals surface area (Å²) in [5.74, 6) is -0.667. The number of carbonyl (C=O) groups excluding carboxylic acids is 1. The molecule has 5 nitrogen and oxygen atoms in total. The molecule has 2 aromatic carbocycles. The average molecular weight is 345 g/mol. The number of carbonyl (C=O) groups is 1. The molecular formula is C18H19NO4S. The second kappa shape index (κ2) is 6.75. The summed E-state index contributed by atoms with van der Waals surface area (Å²) in [5.41, 5.74) is 2.21. The molecule has 1 aliphatic carbocycles. The van der Waals surface area contributed by atoms with E-state index in [9.17, 15) is 13.2 Å². The first-order valence-electron chi connectivity index (χ1n) is 7.80. The van der Waals surface area contributed by atoms with Gasteiger partial charge in [0.1, 0.15) is 0 Å². The Hall–Kier alpha value is -2.18. The van der Waals surface area contributed by atoms with Crippen LogP contribution in [0.15, 0.2) is 53.4 Å². The summed E-state index contributed by atoms with van der Waals surface area (Å²) in [5, 5.41) is 0. The standard InChI is InChI=1S/C18H19NO4S/c1-23-18(20)15-10-4-5-12-17(15)24(21,22)19-16-11-6-8-13-7-2-3-9-14(13)16/h2-5,7,9-10,12,16,19H,6,8,11H2,1H3. The molecule has 1 aliphatic rings. The molecule has 0 aliphatic heterocycles. The molecule has 1 atom stereocenters. The normalized spacial score (nSPS) is 17.1. The Morgan fingerprint density at radius 2 is 1.83 bits per heavy atom. The molecule has 0 bridgehead atoms. The van der Waals surface area contributed by atoms with E-state index < -0.39 is 16.0 Å². The number of aryl methyl sites for hydroxylation is 1. The number of esters is 1. The zero-order chi connectivity index (χ0) is 17.2. The summed E-state index contributed by atoms with van der Waals surface area (Å²) in [4.78, 5) is 11.8. The van der Waals surface area contributed by atoms with E-state index in [1.54, 1.807) is 12.1 Å². The minimum Gasteiger partial charge on any atom is -0.465 e. The Morgan fingerprint density at radius 3 is 2.62 bits per heavy atom. The first kappa shape index (κ1) is 16.7. The third-order valence-electron chi connectivity index (χ3n) is 4.25. The Bertz CT molecular complexity index is 861. The van der Waals surface area contributed by atoms with Gasteiger partial charge in [-0.2, -0.15) is 0 Å². The molecule has 126 valence electrons. The van der Waals surface area contributed by atoms with Crippen molar-refractivity contribution in [3.8, 4) is 0 Å². The van der Waals surface area contributed by atoms with Crippen molar-refractivity contribution in [1.82, 2.24) is 4.72 Å². The van der Waals surface area contributed by atoms with Gasteiger partial charge in [-0.3, -0.25) is 0 Å². The van der Waals surface area contributed by atoms with E-state index in [1.807, 2.05) is 24.3 Å². The molecule has 6 heteroatoms. The van der Waals surface area contributed by atoms with E-state index in [-0.39, 0.29) is 16.5 Å². The lowest BCUT2D eigenvalue weighted by atomic mass is 9.88. The molecule has 0 radical (unpaired) electrons. The van der Waals surface area contributed by atoms with Gasteiger partial charge in [-0.15, -0.1) is 0 Å². The maximum absolute atomic E-state index is 12.8. The number of sulfonamides is 1. The summed E-state index contributed by atoms with van der Waals surface area (Å²) < 4.78 is 33.1. The van der Waals surface area contributed by atoms with E-state index >= 15 is 0 Å².